The number of nitrogens with zero attached hydrogens (tertiary/aromatic N) is 2. The fraction of sp³-hybridized carbons (Fsp3) is 0.474. The van der Waals surface area contributed by atoms with E-state index in [2.05, 4.69) is 9.97 Å². The van der Waals surface area contributed by atoms with Crippen LogP contribution < -0.4 is 9.47 Å². The van der Waals surface area contributed by atoms with Crippen molar-refractivity contribution in [1.29, 1.82) is 0 Å². The van der Waals surface area contributed by atoms with Gasteiger partial charge in [0, 0.05) is 13.2 Å². The van der Waals surface area contributed by atoms with Crippen molar-refractivity contribution in [2.24, 2.45) is 0 Å². The predicted octanol–water partition coefficient (Wildman–Crippen LogP) is 3.96. The van der Waals surface area contributed by atoms with Gasteiger partial charge in [0.25, 0.3) is 10.1 Å². The first kappa shape index (κ1) is 22.1. The van der Waals surface area contributed by atoms with Crippen molar-refractivity contribution in [1.82, 2.24) is 9.97 Å². The molecule has 9 heteroatoms. The van der Waals surface area contributed by atoms with Crippen molar-refractivity contribution in [2.75, 3.05) is 7.11 Å². The minimum atomic E-state index is -4.44. The molecule has 28 heavy (non-hydrogen) atoms. The van der Waals surface area contributed by atoms with Crippen LogP contribution in [-0.4, -0.2) is 35.6 Å². The molecule has 0 aliphatic rings. The first-order valence-corrected chi connectivity index (χ1v) is 10.2. The third-order valence-corrected chi connectivity index (χ3v) is 5.00. The Labute approximate surface area is 165 Å². The summed E-state index contributed by atoms with van der Waals surface area (Å²) >= 11 is 0. The summed E-state index contributed by atoms with van der Waals surface area (Å²) in [6.45, 7) is 9.38. The van der Waals surface area contributed by atoms with E-state index in [0.29, 0.717) is 17.9 Å². The topological polar surface area (TPSA) is 108 Å². The minimum Gasteiger partial charge on any atom is -0.472 e. The lowest BCUT2D eigenvalue weighted by atomic mass is 9.93. The van der Waals surface area contributed by atoms with Gasteiger partial charge in [0.05, 0.1) is 16.6 Å². The Kier molecular flexibility index (Phi) is 6.32. The highest BCUT2D eigenvalue weighted by atomic mass is 32.2. The van der Waals surface area contributed by atoms with Crippen LogP contribution in [0.4, 0.5) is 0 Å². The number of aromatic nitrogens is 2. The number of ether oxygens (including phenoxy) is 3. The van der Waals surface area contributed by atoms with Crippen LogP contribution in [0.1, 0.15) is 46.6 Å². The van der Waals surface area contributed by atoms with Gasteiger partial charge in [0.15, 0.2) is 0 Å². The molecule has 0 bridgehead atoms. The van der Waals surface area contributed by atoms with Crippen LogP contribution in [0.2, 0.25) is 0 Å². The second-order valence-electron chi connectivity index (χ2n) is 7.47. The van der Waals surface area contributed by atoms with Gasteiger partial charge in [-0.1, -0.05) is 6.92 Å². The number of rotatable bonds is 7. The van der Waals surface area contributed by atoms with Gasteiger partial charge in [-0.15, -0.1) is 0 Å². The van der Waals surface area contributed by atoms with E-state index in [1.54, 1.807) is 6.07 Å². The summed E-state index contributed by atoms with van der Waals surface area (Å²) in [5, 5.41) is 0. The summed E-state index contributed by atoms with van der Waals surface area (Å²) in [7, 11) is -2.91. The van der Waals surface area contributed by atoms with Crippen LogP contribution >= 0.6 is 0 Å². The molecule has 0 aliphatic heterocycles. The predicted molar refractivity (Wildman–Crippen MR) is 103 cm³/mol. The maximum absolute atomic E-state index is 11.7. The number of methoxy groups -OCH3 is 1. The molecule has 0 saturated carbocycles. The van der Waals surface area contributed by atoms with Crippen molar-refractivity contribution >= 4 is 10.1 Å². The Bertz CT molecular complexity index is 934. The monoisotopic (exact) mass is 410 g/mol. The van der Waals surface area contributed by atoms with E-state index in [0.717, 1.165) is 0 Å². The largest absolute Gasteiger partial charge is 0.472 e. The zero-order chi connectivity index (χ0) is 21.2. The first-order valence-electron chi connectivity index (χ1n) is 8.73. The van der Waals surface area contributed by atoms with Crippen molar-refractivity contribution in [3.05, 3.63) is 36.2 Å². The third-order valence-electron chi connectivity index (χ3n) is 4.16. The smallest absolute Gasteiger partial charge is 0.294 e. The van der Waals surface area contributed by atoms with E-state index in [9.17, 15) is 13.0 Å². The molecule has 2 aromatic rings. The molecule has 1 atom stereocenters. The molecule has 0 saturated heterocycles. The second-order valence-corrected chi connectivity index (χ2v) is 8.89. The normalized spacial score (nSPS) is 14.4. The lowest BCUT2D eigenvalue weighted by Crippen LogP contribution is -2.23. The van der Waals surface area contributed by atoms with E-state index in [1.807, 2.05) is 34.6 Å². The summed E-state index contributed by atoms with van der Waals surface area (Å²) in [4.78, 5) is 7.77. The average molecular weight is 410 g/mol. The van der Waals surface area contributed by atoms with Crippen molar-refractivity contribution in [3.63, 3.8) is 0 Å². The molecule has 1 N–H and O–H groups in total. The fourth-order valence-electron chi connectivity index (χ4n) is 2.42. The van der Waals surface area contributed by atoms with Gasteiger partial charge in [-0.2, -0.15) is 8.42 Å². The van der Waals surface area contributed by atoms with Gasteiger partial charge in [-0.05, 0) is 51.8 Å². The lowest BCUT2D eigenvalue weighted by molar-refractivity contribution is -0.00171. The quantitative estimate of drug-likeness (QED) is 0.683. The summed E-state index contributed by atoms with van der Waals surface area (Å²) in [5.41, 5.74) is -0.668. The van der Waals surface area contributed by atoms with E-state index in [4.69, 9.17) is 14.2 Å². The van der Waals surface area contributed by atoms with E-state index < -0.39 is 21.3 Å². The van der Waals surface area contributed by atoms with Gasteiger partial charge in [-0.25, -0.2) is 9.97 Å². The molecule has 1 aromatic carbocycles. The highest BCUT2D eigenvalue weighted by Crippen LogP contribution is 2.34. The van der Waals surface area contributed by atoms with Crippen LogP contribution in [-0.2, 0) is 20.5 Å². The van der Waals surface area contributed by atoms with Gasteiger partial charge >= 0.3 is 0 Å². The Morgan fingerprint density at radius 2 is 1.68 bits per heavy atom. The molecule has 0 radical (unpaired) electrons. The molecular formula is C19H26N2O6S. The summed E-state index contributed by atoms with van der Waals surface area (Å²) < 4.78 is 49.9. The average Bonchev–Trinajstić information content (AvgIpc) is 2.59. The summed E-state index contributed by atoms with van der Waals surface area (Å²) in [5.74, 6) is 0.671. The highest BCUT2D eigenvalue weighted by Gasteiger charge is 2.27. The van der Waals surface area contributed by atoms with Crippen LogP contribution in [0.15, 0.2) is 35.5 Å². The molecule has 8 nitrogen and oxygen atoms in total. The summed E-state index contributed by atoms with van der Waals surface area (Å²) in [6, 6.07) is 5.73. The van der Waals surface area contributed by atoms with Gasteiger partial charge in [0.2, 0.25) is 11.8 Å². The van der Waals surface area contributed by atoms with Crippen LogP contribution in [0, 0.1) is 0 Å². The zero-order valence-corrected chi connectivity index (χ0v) is 17.7. The van der Waals surface area contributed by atoms with Gasteiger partial charge < -0.3 is 14.2 Å². The minimum absolute atomic E-state index is 0.170. The van der Waals surface area contributed by atoms with Gasteiger partial charge in [0.1, 0.15) is 17.7 Å². The second kappa shape index (κ2) is 8.02. The standard InChI is InChI=1S/C19H26N2O6S/c1-7-19(5,25-6)13-8-14(10-15(9-13)28(22,23)24)26-16-11-17(21-12-20-16)27-18(2,3)4/h8-12H,7H2,1-6H3,(H,22,23,24). The first-order chi connectivity index (χ1) is 12.9. The van der Waals surface area contributed by atoms with E-state index in [1.165, 1.54) is 31.6 Å². The molecule has 154 valence electrons. The molecule has 0 aliphatic carbocycles. The van der Waals surface area contributed by atoms with E-state index >= 15 is 0 Å². The van der Waals surface area contributed by atoms with Crippen LogP contribution in [0.25, 0.3) is 0 Å². The molecular weight excluding hydrogens is 384 g/mol. The van der Waals surface area contributed by atoms with Crippen LogP contribution in [0.5, 0.6) is 17.5 Å². The Morgan fingerprint density at radius 1 is 1.04 bits per heavy atom. The van der Waals surface area contributed by atoms with Crippen molar-refractivity contribution in [3.8, 4) is 17.5 Å². The van der Waals surface area contributed by atoms with E-state index in [-0.39, 0.29) is 16.5 Å². The number of hydrogen-bond donors (Lipinski definition) is 1. The molecule has 1 heterocycles. The third kappa shape index (κ3) is 5.63. The molecule has 1 aromatic heterocycles. The molecule has 2 rings (SSSR count). The molecule has 0 spiro atoms. The maximum Gasteiger partial charge on any atom is 0.294 e. The SMILES string of the molecule is CCC(C)(OC)c1cc(Oc2cc(OC(C)(C)C)ncn2)cc(S(=O)(=O)O)c1. The van der Waals surface area contributed by atoms with Crippen LogP contribution in [0.3, 0.4) is 0 Å². The Morgan fingerprint density at radius 3 is 2.21 bits per heavy atom. The van der Waals surface area contributed by atoms with Crippen molar-refractivity contribution in [2.45, 2.75) is 57.1 Å². The highest BCUT2D eigenvalue weighted by molar-refractivity contribution is 7.85. The number of benzene rings is 1. The number of hydrogen-bond acceptors (Lipinski definition) is 7. The van der Waals surface area contributed by atoms with Crippen molar-refractivity contribution < 1.29 is 27.2 Å². The molecule has 1 unspecified atom stereocenters. The maximum atomic E-state index is 11.7. The molecule has 0 fully saturated rings. The Balaban J connectivity index is 2.47. The van der Waals surface area contributed by atoms with Gasteiger partial charge in [-0.3, -0.25) is 4.55 Å². The molecule has 0 amide bonds. The zero-order valence-electron chi connectivity index (χ0n) is 16.9. The fourth-order valence-corrected chi connectivity index (χ4v) is 2.96. The lowest BCUT2D eigenvalue weighted by Gasteiger charge is -2.28. The Hall–Kier alpha value is -2.23. The summed E-state index contributed by atoms with van der Waals surface area (Å²) in [6.07, 6.45) is 1.87.